The monoisotopic (exact) mass is 242 g/mol. The van der Waals surface area contributed by atoms with Crippen molar-refractivity contribution in [2.24, 2.45) is 0 Å². The van der Waals surface area contributed by atoms with Gasteiger partial charge >= 0.3 is 0 Å². The summed E-state index contributed by atoms with van der Waals surface area (Å²) in [5.74, 6) is 0.0311. The third-order valence-electron chi connectivity index (χ3n) is 1.31. The fraction of sp³-hybridized carbons (Fsp3) is 0.125. The highest BCUT2D eigenvalue weighted by atomic mass is 79.9. The lowest BCUT2D eigenvalue weighted by Gasteiger charge is -2.03. The number of nitrogens with one attached hydrogen (secondary N) is 1. The number of amides is 1. The molecule has 0 radical (unpaired) electrons. The van der Waals surface area contributed by atoms with E-state index in [1.54, 1.807) is 6.07 Å². The van der Waals surface area contributed by atoms with Gasteiger partial charge in [-0.3, -0.25) is 9.59 Å². The predicted molar refractivity (Wildman–Crippen MR) is 51.6 cm³/mol. The number of aldehydes is 1. The largest absolute Gasteiger partial charge is 0.310 e. The van der Waals surface area contributed by atoms with E-state index in [1.165, 1.54) is 13.1 Å². The Kier molecular flexibility index (Phi) is 3.13. The van der Waals surface area contributed by atoms with Gasteiger partial charge in [-0.05, 0) is 22.0 Å². The second-order valence-electron chi connectivity index (χ2n) is 2.39. The Morgan fingerprint density at radius 2 is 2.38 bits per heavy atom. The quantitative estimate of drug-likeness (QED) is 0.803. The summed E-state index contributed by atoms with van der Waals surface area (Å²) in [4.78, 5) is 25.1. The molecule has 1 heterocycles. The highest BCUT2D eigenvalue weighted by Crippen LogP contribution is 2.15. The summed E-state index contributed by atoms with van der Waals surface area (Å²) in [6.45, 7) is 1.36. The van der Waals surface area contributed by atoms with Gasteiger partial charge in [-0.2, -0.15) is 0 Å². The molecule has 68 valence electrons. The van der Waals surface area contributed by atoms with E-state index in [1.807, 2.05) is 0 Å². The van der Waals surface area contributed by atoms with Gasteiger partial charge in [0.2, 0.25) is 5.91 Å². The van der Waals surface area contributed by atoms with Gasteiger partial charge in [0, 0.05) is 17.6 Å². The number of anilines is 1. The summed E-state index contributed by atoms with van der Waals surface area (Å²) in [6, 6.07) is 1.59. The molecule has 0 atom stereocenters. The Balaban J connectivity index is 3.05. The van der Waals surface area contributed by atoms with Crippen molar-refractivity contribution in [3.8, 4) is 0 Å². The molecule has 13 heavy (non-hydrogen) atoms. The third kappa shape index (κ3) is 2.62. The van der Waals surface area contributed by atoms with Crippen LogP contribution in [0.25, 0.3) is 0 Å². The molecule has 0 aromatic carbocycles. The average Bonchev–Trinajstić information content (AvgIpc) is 2.07. The molecule has 1 aromatic heterocycles. The van der Waals surface area contributed by atoms with E-state index in [0.717, 1.165) is 0 Å². The average molecular weight is 243 g/mol. The summed E-state index contributed by atoms with van der Waals surface area (Å²) in [7, 11) is 0. The summed E-state index contributed by atoms with van der Waals surface area (Å²) in [6.07, 6.45) is 2.15. The number of hydrogen-bond donors (Lipinski definition) is 1. The second kappa shape index (κ2) is 4.13. The van der Waals surface area contributed by atoms with Gasteiger partial charge in [0.25, 0.3) is 0 Å². The number of hydrogen-bond acceptors (Lipinski definition) is 3. The maximum absolute atomic E-state index is 10.7. The van der Waals surface area contributed by atoms with E-state index < -0.39 is 0 Å². The molecular weight excluding hydrogens is 236 g/mol. The summed E-state index contributed by atoms with van der Waals surface area (Å²) >= 11 is 3.17. The number of rotatable bonds is 2. The number of carbonyl (C=O) groups excluding carboxylic acids is 2. The van der Waals surface area contributed by atoms with Crippen molar-refractivity contribution in [3.63, 3.8) is 0 Å². The van der Waals surface area contributed by atoms with Crippen LogP contribution < -0.4 is 5.32 Å². The maximum Gasteiger partial charge on any atom is 0.222 e. The molecule has 1 aromatic rings. The summed E-state index contributed by atoms with van der Waals surface area (Å²) < 4.78 is 0.698. The standard InChI is InChI=1S/C8H7BrN2O2/c1-5(13)11-8-6(4-12)2-7(9)3-10-8/h2-4H,1H3,(H,10,11,13). The fourth-order valence-corrected chi connectivity index (χ4v) is 1.16. The van der Waals surface area contributed by atoms with Crippen LogP contribution in [0.15, 0.2) is 16.7 Å². The van der Waals surface area contributed by atoms with Crippen molar-refractivity contribution >= 4 is 33.9 Å². The molecular formula is C8H7BrN2O2. The highest BCUT2D eigenvalue weighted by molar-refractivity contribution is 9.10. The number of aromatic nitrogens is 1. The van der Waals surface area contributed by atoms with Crippen LogP contribution in [-0.4, -0.2) is 17.2 Å². The van der Waals surface area contributed by atoms with Crippen LogP contribution in [0.2, 0.25) is 0 Å². The molecule has 1 amide bonds. The molecule has 0 saturated carbocycles. The van der Waals surface area contributed by atoms with Crippen LogP contribution in [0.5, 0.6) is 0 Å². The molecule has 0 unspecified atom stereocenters. The maximum atomic E-state index is 10.7. The number of nitrogens with zero attached hydrogens (tertiary/aromatic N) is 1. The normalized spacial score (nSPS) is 9.38. The molecule has 0 aliphatic heterocycles. The Morgan fingerprint density at radius 1 is 1.69 bits per heavy atom. The molecule has 1 N–H and O–H groups in total. The molecule has 0 bridgehead atoms. The SMILES string of the molecule is CC(=O)Nc1ncc(Br)cc1C=O. The van der Waals surface area contributed by atoms with Gasteiger partial charge in [0.05, 0.1) is 5.56 Å². The van der Waals surface area contributed by atoms with Crippen molar-refractivity contribution in [3.05, 3.63) is 22.3 Å². The first kappa shape index (κ1) is 9.85. The van der Waals surface area contributed by atoms with Crippen LogP contribution in [0.3, 0.4) is 0 Å². The van der Waals surface area contributed by atoms with Crippen LogP contribution >= 0.6 is 15.9 Å². The molecule has 5 heteroatoms. The topological polar surface area (TPSA) is 59.1 Å². The van der Waals surface area contributed by atoms with Gasteiger partial charge in [-0.1, -0.05) is 0 Å². The van der Waals surface area contributed by atoms with Crippen LogP contribution in [-0.2, 0) is 4.79 Å². The molecule has 1 rings (SSSR count). The first-order chi connectivity index (χ1) is 6.13. The Morgan fingerprint density at radius 3 is 2.92 bits per heavy atom. The molecule has 0 saturated heterocycles. The van der Waals surface area contributed by atoms with Crippen molar-refractivity contribution in [2.45, 2.75) is 6.92 Å². The summed E-state index contributed by atoms with van der Waals surface area (Å²) in [5, 5.41) is 2.45. The van der Waals surface area contributed by atoms with Crippen LogP contribution in [0, 0.1) is 0 Å². The number of pyridine rings is 1. The number of halogens is 1. The van der Waals surface area contributed by atoms with E-state index in [9.17, 15) is 9.59 Å². The zero-order valence-electron chi connectivity index (χ0n) is 6.87. The minimum absolute atomic E-state index is 0.252. The minimum atomic E-state index is -0.252. The molecule has 0 aliphatic carbocycles. The van der Waals surface area contributed by atoms with Gasteiger partial charge in [-0.25, -0.2) is 4.98 Å². The van der Waals surface area contributed by atoms with Crippen molar-refractivity contribution in [1.29, 1.82) is 0 Å². The lowest BCUT2D eigenvalue weighted by Crippen LogP contribution is -2.09. The van der Waals surface area contributed by atoms with Crippen LogP contribution in [0.1, 0.15) is 17.3 Å². The molecule has 0 spiro atoms. The lowest BCUT2D eigenvalue weighted by atomic mass is 10.3. The zero-order valence-corrected chi connectivity index (χ0v) is 8.46. The van der Waals surface area contributed by atoms with Gasteiger partial charge in [-0.15, -0.1) is 0 Å². The van der Waals surface area contributed by atoms with Crippen molar-refractivity contribution in [2.75, 3.05) is 5.32 Å². The highest BCUT2D eigenvalue weighted by Gasteiger charge is 2.04. The van der Waals surface area contributed by atoms with Crippen LogP contribution in [0.4, 0.5) is 5.82 Å². The first-order valence-corrected chi connectivity index (χ1v) is 4.31. The van der Waals surface area contributed by atoms with Crippen molar-refractivity contribution < 1.29 is 9.59 Å². The van der Waals surface area contributed by atoms with E-state index in [-0.39, 0.29) is 11.7 Å². The fourth-order valence-electron chi connectivity index (χ4n) is 0.816. The van der Waals surface area contributed by atoms with Gasteiger partial charge in [0.1, 0.15) is 5.82 Å². The van der Waals surface area contributed by atoms with Crippen molar-refractivity contribution in [1.82, 2.24) is 4.98 Å². The summed E-state index contributed by atoms with van der Waals surface area (Å²) in [5.41, 5.74) is 0.351. The number of carbonyl (C=O) groups is 2. The molecule has 4 nitrogen and oxygen atoms in total. The van der Waals surface area contributed by atoms with E-state index in [4.69, 9.17) is 0 Å². The lowest BCUT2D eigenvalue weighted by molar-refractivity contribution is -0.114. The van der Waals surface area contributed by atoms with Gasteiger partial charge in [0.15, 0.2) is 6.29 Å². The first-order valence-electron chi connectivity index (χ1n) is 3.52. The van der Waals surface area contributed by atoms with E-state index >= 15 is 0 Å². The molecule has 0 fully saturated rings. The smallest absolute Gasteiger partial charge is 0.222 e. The second-order valence-corrected chi connectivity index (χ2v) is 3.31. The minimum Gasteiger partial charge on any atom is -0.310 e. The third-order valence-corrected chi connectivity index (χ3v) is 1.74. The Hall–Kier alpha value is -1.23. The van der Waals surface area contributed by atoms with E-state index in [0.29, 0.717) is 16.3 Å². The van der Waals surface area contributed by atoms with Gasteiger partial charge < -0.3 is 5.32 Å². The zero-order chi connectivity index (χ0) is 9.84. The Labute approximate surface area is 83.5 Å². The molecule has 0 aliphatic rings. The Bertz CT molecular complexity index is 352. The van der Waals surface area contributed by atoms with E-state index in [2.05, 4.69) is 26.2 Å². The predicted octanol–water partition coefficient (Wildman–Crippen LogP) is 1.61.